The summed E-state index contributed by atoms with van der Waals surface area (Å²) in [6, 6.07) is 0. The summed E-state index contributed by atoms with van der Waals surface area (Å²) < 4.78 is 0. The third-order valence-electron chi connectivity index (χ3n) is 0.552. The lowest BCUT2D eigenvalue weighted by molar-refractivity contribution is 1.11. The molecule has 0 radical (unpaired) electrons. The lowest BCUT2D eigenvalue weighted by Gasteiger charge is -1.87. The molecule has 38 valence electrons. The van der Waals surface area contributed by atoms with E-state index in [4.69, 9.17) is 0 Å². The zero-order valence-corrected chi connectivity index (χ0v) is 6.41. The average molecular weight is 122 g/mol. The van der Waals surface area contributed by atoms with Crippen molar-refractivity contribution in [1.82, 2.24) is 0 Å². The van der Waals surface area contributed by atoms with E-state index in [2.05, 4.69) is 13.6 Å². The predicted molar refractivity (Wildman–Crippen MR) is 37.7 cm³/mol. The molecular formula is C4H12P2. The molecular weight excluding hydrogens is 110 g/mol. The first-order valence-corrected chi connectivity index (χ1v) is 6.02. The smallest absolute Gasteiger partial charge is 0.0320 e. The maximum atomic E-state index is 2.27. The number of hydrogen-bond acceptors (Lipinski definition) is 0. The summed E-state index contributed by atoms with van der Waals surface area (Å²) in [6.07, 6.45) is 2.83. The van der Waals surface area contributed by atoms with Crippen LogP contribution < -0.4 is 0 Å². The van der Waals surface area contributed by atoms with E-state index in [1.807, 2.05) is 0 Å². The molecule has 0 nitrogen and oxygen atoms in total. The van der Waals surface area contributed by atoms with Crippen LogP contribution in [0.15, 0.2) is 0 Å². The summed E-state index contributed by atoms with van der Waals surface area (Å²) in [5, 5.41) is 0. The lowest BCUT2D eigenvalue weighted by Crippen LogP contribution is -1.59. The standard InChI is InChI=1S/C4H12P2/c1-3-4-6-5-2/h5-6H,3-4H2,1-2H3. The van der Waals surface area contributed by atoms with E-state index in [0.29, 0.717) is 0 Å². The summed E-state index contributed by atoms with van der Waals surface area (Å²) in [5.41, 5.74) is 0. The SMILES string of the molecule is CCCPPC. The molecule has 6 heavy (non-hydrogen) atoms. The summed E-state index contributed by atoms with van der Waals surface area (Å²) in [6.45, 7) is 4.52. The summed E-state index contributed by atoms with van der Waals surface area (Å²) in [7, 11) is 2.44. The highest BCUT2D eigenvalue weighted by atomic mass is 32.0. The van der Waals surface area contributed by atoms with E-state index in [1.54, 1.807) is 0 Å². The third-order valence-corrected chi connectivity index (χ3v) is 3.47. The van der Waals surface area contributed by atoms with Gasteiger partial charge in [0.25, 0.3) is 0 Å². The molecule has 0 aromatic rings. The molecule has 0 saturated heterocycles. The Labute approximate surface area is 43.6 Å². The Morgan fingerprint density at radius 2 is 2.17 bits per heavy atom. The Bertz CT molecular complexity index is 17.5. The first-order chi connectivity index (χ1) is 2.91. The molecule has 0 aliphatic carbocycles. The van der Waals surface area contributed by atoms with Gasteiger partial charge in [-0.05, 0) is 12.8 Å². The maximum Gasteiger partial charge on any atom is -0.0320 e. The second-order valence-electron chi connectivity index (χ2n) is 1.18. The molecule has 0 aromatic heterocycles. The minimum Gasteiger partial charge on any atom is -0.102 e. The third kappa shape index (κ3) is 4.86. The molecule has 0 aromatic carbocycles. The maximum absolute atomic E-state index is 2.27. The Morgan fingerprint density at radius 3 is 2.33 bits per heavy atom. The van der Waals surface area contributed by atoms with E-state index in [9.17, 15) is 0 Å². The molecule has 0 bridgehead atoms. The van der Waals surface area contributed by atoms with Crippen LogP contribution in [0.3, 0.4) is 0 Å². The minimum atomic E-state index is 1.19. The molecule has 0 fully saturated rings. The van der Waals surface area contributed by atoms with Gasteiger partial charge in [-0.3, -0.25) is 0 Å². The van der Waals surface area contributed by atoms with Crippen molar-refractivity contribution >= 4 is 16.5 Å². The number of hydrogen-bond donors (Lipinski definition) is 0. The van der Waals surface area contributed by atoms with Gasteiger partial charge in [0.15, 0.2) is 0 Å². The molecule has 0 N–H and O–H groups in total. The van der Waals surface area contributed by atoms with E-state index in [1.165, 1.54) is 29.1 Å². The predicted octanol–water partition coefficient (Wildman–Crippen LogP) is 2.30. The summed E-state index contributed by atoms with van der Waals surface area (Å²) in [5.74, 6) is 0. The van der Waals surface area contributed by atoms with Crippen molar-refractivity contribution in [2.24, 2.45) is 0 Å². The highest BCUT2D eigenvalue weighted by Gasteiger charge is 1.74. The van der Waals surface area contributed by atoms with Crippen molar-refractivity contribution in [3.8, 4) is 0 Å². The van der Waals surface area contributed by atoms with Crippen LogP contribution in [-0.4, -0.2) is 12.8 Å². The topological polar surface area (TPSA) is 0 Å². The van der Waals surface area contributed by atoms with Gasteiger partial charge >= 0.3 is 0 Å². The molecule has 0 aliphatic heterocycles. The normalized spacial score (nSPS) is 13.0. The van der Waals surface area contributed by atoms with Crippen LogP contribution in [-0.2, 0) is 0 Å². The quantitative estimate of drug-likeness (QED) is 0.398. The van der Waals surface area contributed by atoms with Gasteiger partial charge in [-0.2, -0.15) is 0 Å². The van der Waals surface area contributed by atoms with Gasteiger partial charge in [0.2, 0.25) is 0 Å². The molecule has 0 rings (SSSR count). The average Bonchev–Trinajstić information content (AvgIpc) is 1.61. The Morgan fingerprint density at radius 1 is 1.50 bits per heavy atom. The fourth-order valence-electron chi connectivity index (χ4n) is 0.250. The van der Waals surface area contributed by atoms with Gasteiger partial charge in [-0.15, -0.1) is 8.27 Å². The summed E-state index contributed by atoms with van der Waals surface area (Å²) >= 11 is 0. The van der Waals surface area contributed by atoms with Gasteiger partial charge in [-0.1, -0.05) is 21.6 Å². The highest BCUT2D eigenvalue weighted by Crippen LogP contribution is 2.32. The Hall–Kier alpha value is 0.860. The zero-order chi connectivity index (χ0) is 4.83. The molecule has 2 atom stereocenters. The van der Waals surface area contributed by atoms with Crippen molar-refractivity contribution in [2.75, 3.05) is 12.8 Å². The first kappa shape index (κ1) is 6.86. The monoisotopic (exact) mass is 122 g/mol. The molecule has 2 unspecified atom stereocenters. The van der Waals surface area contributed by atoms with Crippen LogP contribution in [0.5, 0.6) is 0 Å². The zero-order valence-electron chi connectivity index (χ0n) is 4.41. The molecule has 0 amide bonds. The largest absolute Gasteiger partial charge is 0.102 e. The van der Waals surface area contributed by atoms with Crippen molar-refractivity contribution in [3.63, 3.8) is 0 Å². The van der Waals surface area contributed by atoms with Crippen LogP contribution in [0.2, 0.25) is 0 Å². The lowest BCUT2D eigenvalue weighted by atomic mass is 10.6. The first-order valence-electron chi connectivity index (χ1n) is 2.31. The second-order valence-corrected chi connectivity index (χ2v) is 5.09. The van der Waals surface area contributed by atoms with Crippen LogP contribution >= 0.6 is 16.5 Å². The van der Waals surface area contributed by atoms with Crippen molar-refractivity contribution in [2.45, 2.75) is 13.3 Å². The highest BCUT2D eigenvalue weighted by molar-refractivity contribution is 8.11. The number of rotatable bonds is 3. The molecule has 2 heteroatoms. The van der Waals surface area contributed by atoms with E-state index in [-0.39, 0.29) is 0 Å². The van der Waals surface area contributed by atoms with E-state index >= 15 is 0 Å². The van der Waals surface area contributed by atoms with Crippen LogP contribution in [0.25, 0.3) is 0 Å². The molecule has 0 heterocycles. The van der Waals surface area contributed by atoms with Gasteiger partial charge < -0.3 is 0 Å². The van der Waals surface area contributed by atoms with Crippen LogP contribution in [0.1, 0.15) is 13.3 Å². The minimum absolute atomic E-state index is 1.19. The van der Waals surface area contributed by atoms with Crippen molar-refractivity contribution in [1.29, 1.82) is 0 Å². The molecule has 0 aliphatic rings. The fraction of sp³-hybridized carbons (Fsp3) is 1.00. The van der Waals surface area contributed by atoms with Crippen LogP contribution in [0, 0.1) is 0 Å². The Kier molecular flexibility index (Phi) is 6.70. The van der Waals surface area contributed by atoms with Gasteiger partial charge in [0.05, 0.1) is 0 Å². The molecule has 0 saturated carbocycles. The van der Waals surface area contributed by atoms with Crippen molar-refractivity contribution in [3.05, 3.63) is 0 Å². The summed E-state index contributed by atoms with van der Waals surface area (Å²) in [4.78, 5) is 0. The van der Waals surface area contributed by atoms with E-state index < -0.39 is 0 Å². The van der Waals surface area contributed by atoms with Gasteiger partial charge in [-0.25, -0.2) is 0 Å². The Balaban J connectivity index is 2.34. The van der Waals surface area contributed by atoms with Crippen LogP contribution in [0.4, 0.5) is 0 Å². The fourth-order valence-corrected chi connectivity index (χ4v) is 2.25. The van der Waals surface area contributed by atoms with E-state index in [0.717, 1.165) is 0 Å². The van der Waals surface area contributed by atoms with Crippen molar-refractivity contribution < 1.29 is 0 Å². The molecule has 0 spiro atoms. The van der Waals surface area contributed by atoms with Gasteiger partial charge in [0, 0.05) is 0 Å². The second kappa shape index (κ2) is 5.86. The van der Waals surface area contributed by atoms with Gasteiger partial charge in [0.1, 0.15) is 0 Å².